The molecular formula is C22H22N6O3S. The van der Waals surface area contributed by atoms with Gasteiger partial charge in [-0.3, -0.25) is 4.79 Å². The minimum Gasteiger partial charge on any atom is -0.508 e. The van der Waals surface area contributed by atoms with E-state index in [0.717, 1.165) is 16.1 Å². The van der Waals surface area contributed by atoms with Crippen LogP contribution in [0.5, 0.6) is 5.75 Å². The summed E-state index contributed by atoms with van der Waals surface area (Å²) >= 11 is 1.37. The number of benzene rings is 1. The van der Waals surface area contributed by atoms with Gasteiger partial charge in [-0.05, 0) is 61.9 Å². The predicted molar refractivity (Wildman–Crippen MR) is 122 cm³/mol. The average Bonchev–Trinajstić information content (AvgIpc) is 3.36. The molecular weight excluding hydrogens is 428 g/mol. The first-order chi connectivity index (χ1) is 15.2. The standard InChI is InChI=1S/C22H22N6O3S/c1-22(2,31)18-12-28(27-26-18)11-14-4-3-5-19(24-14)25-21-16(20(23)30)10-17(32-21)13-6-8-15(29)9-7-13/h3-10,12,29,31H,11H2,1-2H3,(H2,23,30)(H,24,25). The zero-order valence-corrected chi connectivity index (χ0v) is 18.3. The Balaban J connectivity index is 1.57. The highest BCUT2D eigenvalue weighted by molar-refractivity contribution is 7.19. The Kier molecular flexibility index (Phi) is 5.64. The number of aromatic hydroxyl groups is 1. The SMILES string of the molecule is CC(C)(O)c1cn(Cc2cccc(Nc3sc(-c4ccc(O)cc4)cc3C(N)=O)n2)nn1. The molecule has 4 rings (SSSR count). The summed E-state index contributed by atoms with van der Waals surface area (Å²) in [5.41, 5.74) is 6.92. The average molecular weight is 451 g/mol. The number of phenols is 1. The normalized spacial score (nSPS) is 11.5. The third-order valence-corrected chi connectivity index (χ3v) is 5.79. The molecule has 0 fully saturated rings. The van der Waals surface area contributed by atoms with Gasteiger partial charge in [-0.25, -0.2) is 9.67 Å². The number of aromatic nitrogens is 4. The highest BCUT2D eigenvalue weighted by atomic mass is 32.1. The van der Waals surface area contributed by atoms with E-state index in [9.17, 15) is 15.0 Å². The minimum atomic E-state index is -1.07. The number of nitrogens with two attached hydrogens (primary N) is 1. The number of thiophene rings is 1. The number of hydrogen-bond acceptors (Lipinski definition) is 8. The number of aliphatic hydroxyl groups is 1. The molecule has 0 spiro atoms. The second-order valence-corrected chi connectivity index (χ2v) is 8.82. The lowest BCUT2D eigenvalue weighted by atomic mass is 10.1. The summed E-state index contributed by atoms with van der Waals surface area (Å²) in [5, 5.41) is 31.4. The molecule has 1 amide bonds. The van der Waals surface area contributed by atoms with Crippen molar-refractivity contribution >= 4 is 28.1 Å². The molecule has 0 unspecified atom stereocenters. The monoisotopic (exact) mass is 450 g/mol. The summed E-state index contributed by atoms with van der Waals surface area (Å²) in [4.78, 5) is 17.4. The van der Waals surface area contributed by atoms with Gasteiger partial charge in [0.25, 0.3) is 5.91 Å². The van der Waals surface area contributed by atoms with Gasteiger partial charge in [0.05, 0.1) is 24.0 Å². The molecule has 4 aromatic rings. The fourth-order valence-electron chi connectivity index (χ4n) is 3.01. The fourth-order valence-corrected chi connectivity index (χ4v) is 4.09. The van der Waals surface area contributed by atoms with Crippen LogP contribution in [-0.2, 0) is 12.1 Å². The maximum Gasteiger partial charge on any atom is 0.251 e. The fraction of sp³-hybridized carbons (Fsp3) is 0.182. The van der Waals surface area contributed by atoms with E-state index in [1.165, 1.54) is 11.3 Å². The number of primary amides is 1. The van der Waals surface area contributed by atoms with Crippen LogP contribution in [-0.4, -0.2) is 36.1 Å². The number of hydrogen-bond donors (Lipinski definition) is 4. The molecule has 5 N–H and O–H groups in total. The summed E-state index contributed by atoms with van der Waals surface area (Å²) in [6, 6.07) is 13.9. The summed E-state index contributed by atoms with van der Waals surface area (Å²) in [6.07, 6.45) is 1.68. The number of rotatable bonds is 7. The van der Waals surface area contributed by atoms with Gasteiger partial charge in [0.15, 0.2) is 0 Å². The highest BCUT2D eigenvalue weighted by Crippen LogP contribution is 2.37. The van der Waals surface area contributed by atoms with Crippen LogP contribution in [0.2, 0.25) is 0 Å². The second-order valence-electron chi connectivity index (χ2n) is 7.76. The first-order valence-electron chi connectivity index (χ1n) is 9.78. The van der Waals surface area contributed by atoms with E-state index in [1.54, 1.807) is 61.1 Å². The zero-order chi connectivity index (χ0) is 22.9. The number of pyridine rings is 1. The van der Waals surface area contributed by atoms with Crippen LogP contribution in [0.1, 0.15) is 35.6 Å². The van der Waals surface area contributed by atoms with Gasteiger partial charge in [-0.2, -0.15) is 0 Å². The lowest BCUT2D eigenvalue weighted by Gasteiger charge is -2.11. The molecule has 0 bridgehead atoms. The van der Waals surface area contributed by atoms with Crippen molar-refractivity contribution in [1.82, 2.24) is 20.0 Å². The number of phenolic OH excluding ortho intramolecular Hbond substituents is 1. The number of nitrogens with zero attached hydrogens (tertiary/aromatic N) is 4. The maximum atomic E-state index is 12.0. The van der Waals surface area contributed by atoms with Crippen molar-refractivity contribution in [3.8, 4) is 16.2 Å². The van der Waals surface area contributed by atoms with Crippen molar-refractivity contribution in [3.05, 3.63) is 71.7 Å². The number of anilines is 2. The Morgan fingerprint density at radius 2 is 1.97 bits per heavy atom. The summed E-state index contributed by atoms with van der Waals surface area (Å²) in [6.45, 7) is 3.66. The molecule has 0 aliphatic heterocycles. The van der Waals surface area contributed by atoms with Crippen LogP contribution in [0.4, 0.5) is 10.8 Å². The molecule has 10 heteroatoms. The Bertz CT molecular complexity index is 1260. The maximum absolute atomic E-state index is 12.0. The third kappa shape index (κ3) is 4.76. The van der Waals surface area contributed by atoms with Crippen molar-refractivity contribution in [2.45, 2.75) is 26.0 Å². The summed E-state index contributed by atoms with van der Waals surface area (Å²) < 4.78 is 1.60. The molecule has 3 aromatic heterocycles. The van der Waals surface area contributed by atoms with E-state index in [1.807, 2.05) is 12.1 Å². The number of carbonyl (C=O) groups is 1. The molecule has 0 aliphatic rings. The predicted octanol–water partition coefficient (Wildman–Crippen LogP) is 3.23. The Labute approximate surface area is 188 Å². The lowest BCUT2D eigenvalue weighted by molar-refractivity contribution is 0.0737. The van der Waals surface area contributed by atoms with Crippen LogP contribution in [0.3, 0.4) is 0 Å². The van der Waals surface area contributed by atoms with Crippen molar-refractivity contribution in [2.75, 3.05) is 5.32 Å². The smallest absolute Gasteiger partial charge is 0.251 e. The van der Waals surface area contributed by atoms with Gasteiger partial charge in [-0.15, -0.1) is 16.4 Å². The molecule has 0 saturated carbocycles. The highest BCUT2D eigenvalue weighted by Gasteiger charge is 2.20. The van der Waals surface area contributed by atoms with Crippen molar-refractivity contribution in [2.24, 2.45) is 5.73 Å². The molecule has 0 aliphatic carbocycles. The van der Waals surface area contributed by atoms with Gasteiger partial charge in [0.1, 0.15) is 27.9 Å². The van der Waals surface area contributed by atoms with E-state index in [-0.39, 0.29) is 5.75 Å². The summed E-state index contributed by atoms with van der Waals surface area (Å²) in [5.74, 6) is 0.167. The van der Waals surface area contributed by atoms with Gasteiger partial charge < -0.3 is 21.3 Å². The van der Waals surface area contributed by atoms with Gasteiger partial charge in [0.2, 0.25) is 0 Å². The van der Waals surface area contributed by atoms with E-state index in [2.05, 4.69) is 20.6 Å². The Morgan fingerprint density at radius 1 is 1.22 bits per heavy atom. The van der Waals surface area contributed by atoms with Crippen molar-refractivity contribution in [1.29, 1.82) is 0 Å². The molecule has 164 valence electrons. The van der Waals surface area contributed by atoms with Crippen LogP contribution >= 0.6 is 11.3 Å². The molecule has 9 nitrogen and oxygen atoms in total. The van der Waals surface area contributed by atoms with E-state index < -0.39 is 11.5 Å². The van der Waals surface area contributed by atoms with E-state index >= 15 is 0 Å². The molecule has 0 saturated heterocycles. The third-order valence-electron chi connectivity index (χ3n) is 4.69. The van der Waals surface area contributed by atoms with Crippen LogP contribution in [0.15, 0.2) is 54.7 Å². The molecule has 3 heterocycles. The number of amides is 1. The van der Waals surface area contributed by atoms with Crippen molar-refractivity contribution < 1.29 is 15.0 Å². The molecule has 0 radical (unpaired) electrons. The number of nitrogens with one attached hydrogen (secondary N) is 1. The summed E-state index contributed by atoms with van der Waals surface area (Å²) in [7, 11) is 0. The van der Waals surface area contributed by atoms with E-state index in [4.69, 9.17) is 5.73 Å². The first-order valence-corrected chi connectivity index (χ1v) is 10.6. The van der Waals surface area contributed by atoms with E-state index in [0.29, 0.717) is 28.6 Å². The Morgan fingerprint density at radius 3 is 2.62 bits per heavy atom. The lowest BCUT2D eigenvalue weighted by Crippen LogP contribution is -2.15. The second kappa shape index (κ2) is 8.40. The van der Waals surface area contributed by atoms with Gasteiger partial charge in [0, 0.05) is 4.88 Å². The van der Waals surface area contributed by atoms with Gasteiger partial charge >= 0.3 is 0 Å². The van der Waals surface area contributed by atoms with Crippen LogP contribution in [0.25, 0.3) is 10.4 Å². The topological polar surface area (TPSA) is 139 Å². The zero-order valence-electron chi connectivity index (χ0n) is 17.5. The van der Waals surface area contributed by atoms with Crippen LogP contribution < -0.4 is 11.1 Å². The molecule has 1 aromatic carbocycles. The number of carbonyl (C=O) groups excluding carboxylic acids is 1. The quantitative estimate of drug-likeness (QED) is 0.339. The van der Waals surface area contributed by atoms with Crippen molar-refractivity contribution in [3.63, 3.8) is 0 Å². The largest absolute Gasteiger partial charge is 0.508 e. The van der Waals surface area contributed by atoms with Gasteiger partial charge in [-0.1, -0.05) is 11.3 Å². The molecule has 0 atom stereocenters. The van der Waals surface area contributed by atoms with Crippen LogP contribution in [0, 0.1) is 0 Å². The minimum absolute atomic E-state index is 0.168. The Hall–Kier alpha value is -3.76. The molecule has 32 heavy (non-hydrogen) atoms. The first kappa shape index (κ1) is 21.5.